The summed E-state index contributed by atoms with van der Waals surface area (Å²) in [7, 11) is 1.54. The third kappa shape index (κ3) is 4.25. The van der Waals surface area contributed by atoms with Crippen molar-refractivity contribution in [2.24, 2.45) is 5.92 Å². The Morgan fingerprint density at radius 3 is 2.35 bits per heavy atom. The van der Waals surface area contributed by atoms with Gasteiger partial charge in [-0.05, 0) is 54.7 Å². The highest BCUT2D eigenvalue weighted by molar-refractivity contribution is 6.68. The molecule has 0 spiro atoms. The highest BCUT2D eigenvalue weighted by Crippen LogP contribution is 2.57. The number of hydrogen-bond donors (Lipinski definition) is 0. The number of ether oxygens (including phenoxy) is 3. The molecule has 11 heteroatoms. The van der Waals surface area contributed by atoms with Gasteiger partial charge >= 0.3 is 6.18 Å². The minimum absolute atomic E-state index is 0.000116. The molecule has 5 nitrogen and oxygen atoms in total. The lowest BCUT2D eigenvalue weighted by Gasteiger charge is -2.47. The number of methoxy groups -OCH3 is 1. The summed E-state index contributed by atoms with van der Waals surface area (Å²) in [6.07, 6.45) is -1.46. The van der Waals surface area contributed by atoms with Crippen LogP contribution in [-0.2, 0) is 6.42 Å². The molecule has 0 bridgehead atoms. The summed E-state index contributed by atoms with van der Waals surface area (Å²) in [4.78, 5) is 4.02. The number of piperidine rings is 1. The van der Waals surface area contributed by atoms with E-state index in [4.69, 9.17) is 49.0 Å². The molecule has 2 aromatic carbocycles. The molecular weight excluding hydrogens is 552 g/mol. The molecule has 198 valence electrons. The SMILES string of the molecule is COc1ccc2c(c1N1CCC(C(F)(F)F)CC1)[C@H](C(Cl)(Cl)Cl)N1CCc3cc4c(cc3C1=C2)OCO4. The molecule has 0 unspecified atom stereocenters. The van der Waals surface area contributed by atoms with Gasteiger partial charge in [-0.1, -0.05) is 40.9 Å². The average molecular weight is 576 g/mol. The minimum Gasteiger partial charge on any atom is -0.495 e. The third-order valence-corrected chi connectivity index (χ3v) is 8.32. The highest BCUT2D eigenvalue weighted by atomic mass is 35.6. The normalized spacial score (nSPS) is 21.3. The van der Waals surface area contributed by atoms with E-state index in [0.29, 0.717) is 30.2 Å². The number of nitrogens with zero attached hydrogens (tertiary/aromatic N) is 2. The van der Waals surface area contributed by atoms with Crippen molar-refractivity contribution in [3.8, 4) is 17.2 Å². The van der Waals surface area contributed by atoms with Gasteiger partial charge in [0.2, 0.25) is 10.6 Å². The number of alkyl halides is 6. The summed E-state index contributed by atoms with van der Waals surface area (Å²) in [6, 6.07) is 7.02. The second-order valence-electron chi connectivity index (χ2n) is 9.70. The third-order valence-electron chi connectivity index (χ3n) is 7.70. The Bertz CT molecular complexity index is 1270. The first-order valence-electron chi connectivity index (χ1n) is 12.1. The smallest absolute Gasteiger partial charge is 0.391 e. The molecule has 0 aliphatic carbocycles. The van der Waals surface area contributed by atoms with E-state index in [1.165, 1.54) is 0 Å². The van der Waals surface area contributed by atoms with Crippen LogP contribution in [0.15, 0.2) is 24.3 Å². The van der Waals surface area contributed by atoms with Gasteiger partial charge in [-0.15, -0.1) is 0 Å². The molecule has 0 radical (unpaired) electrons. The summed E-state index contributed by atoms with van der Waals surface area (Å²) >= 11 is 20.0. The molecule has 4 heterocycles. The summed E-state index contributed by atoms with van der Waals surface area (Å²) in [5, 5.41) is 0. The predicted octanol–water partition coefficient (Wildman–Crippen LogP) is 6.98. The molecule has 1 atom stereocenters. The Morgan fingerprint density at radius 1 is 1.00 bits per heavy atom. The van der Waals surface area contributed by atoms with E-state index in [1.807, 2.05) is 35.2 Å². The summed E-state index contributed by atoms with van der Waals surface area (Å²) in [5.74, 6) is 0.606. The van der Waals surface area contributed by atoms with Gasteiger partial charge in [0, 0.05) is 36.5 Å². The molecule has 4 aliphatic rings. The van der Waals surface area contributed by atoms with Crippen molar-refractivity contribution in [3.63, 3.8) is 0 Å². The Balaban J connectivity index is 1.49. The molecular formula is C26H24Cl3F3N2O3. The Hall–Kier alpha value is -2.16. The molecule has 0 saturated carbocycles. The Labute approximate surface area is 227 Å². The van der Waals surface area contributed by atoms with E-state index in [0.717, 1.165) is 33.7 Å². The number of halogens is 6. The fourth-order valence-electron chi connectivity index (χ4n) is 5.96. The van der Waals surface area contributed by atoms with E-state index in [9.17, 15) is 13.2 Å². The van der Waals surface area contributed by atoms with E-state index in [-0.39, 0.29) is 32.7 Å². The predicted molar refractivity (Wildman–Crippen MR) is 138 cm³/mol. The molecule has 0 aromatic heterocycles. The van der Waals surface area contributed by atoms with Crippen molar-refractivity contribution in [2.45, 2.75) is 35.3 Å². The summed E-state index contributed by atoms with van der Waals surface area (Å²) in [5.41, 5.74) is 5.25. The van der Waals surface area contributed by atoms with Crippen molar-refractivity contribution in [2.75, 3.05) is 38.4 Å². The average Bonchev–Trinajstić information content (AvgIpc) is 3.31. The first-order valence-corrected chi connectivity index (χ1v) is 13.2. The maximum absolute atomic E-state index is 13.4. The molecule has 1 saturated heterocycles. The van der Waals surface area contributed by atoms with Crippen LogP contribution in [0.5, 0.6) is 17.2 Å². The summed E-state index contributed by atoms with van der Waals surface area (Å²) < 4.78 is 55.3. The van der Waals surface area contributed by atoms with Gasteiger partial charge in [-0.3, -0.25) is 0 Å². The second-order valence-corrected chi connectivity index (χ2v) is 12.1. The number of benzene rings is 2. The number of anilines is 1. The number of fused-ring (bicyclic) bond motifs is 5. The highest BCUT2D eigenvalue weighted by Gasteiger charge is 2.48. The van der Waals surface area contributed by atoms with Crippen molar-refractivity contribution in [3.05, 3.63) is 46.5 Å². The van der Waals surface area contributed by atoms with Crippen LogP contribution in [0, 0.1) is 5.92 Å². The van der Waals surface area contributed by atoms with E-state index < -0.39 is 21.9 Å². The van der Waals surface area contributed by atoms with Crippen molar-refractivity contribution < 1.29 is 27.4 Å². The van der Waals surface area contributed by atoms with E-state index in [2.05, 4.69) is 4.90 Å². The minimum atomic E-state index is -4.21. The van der Waals surface area contributed by atoms with Crippen LogP contribution in [0.25, 0.3) is 11.8 Å². The zero-order chi connectivity index (χ0) is 26.1. The second kappa shape index (κ2) is 8.95. The van der Waals surface area contributed by atoms with Crippen molar-refractivity contribution in [1.82, 2.24) is 4.90 Å². The molecule has 4 aliphatic heterocycles. The van der Waals surface area contributed by atoms with E-state index in [1.54, 1.807) is 7.11 Å². The molecule has 1 fully saturated rings. The first kappa shape index (κ1) is 25.1. The lowest BCUT2D eigenvalue weighted by atomic mass is 9.85. The largest absolute Gasteiger partial charge is 0.495 e. The van der Waals surface area contributed by atoms with Crippen LogP contribution in [0.4, 0.5) is 18.9 Å². The van der Waals surface area contributed by atoms with Gasteiger partial charge < -0.3 is 24.0 Å². The van der Waals surface area contributed by atoms with Crippen LogP contribution in [0.2, 0.25) is 0 Å². The lowest BCUT2D eigenvalue weighted by molar-refractivity contribution is -0.179. The zero-order valence-electron chi connectivity index (χ0n) is 19.9. The van der Waals surface area contributed by atoms with Gasteiger partial charge in [-0.2, -0.15) is 13.2 Å². The monoisotopic (exact) mass is 574 g/mol. The van der Waals surface area contributed by atoms with Crippen LogP contribution in [0.1, 0.15) is 41.1 Å². The fraction of sp³-hybridized carbons (Fsp3) is 0.462. The topological polar surface area (TPSA) is 34.2 Å². The molecule has 6 rings (SSSR count). The van der Waals surface area contributed by atoms with Crippen LogP contribution in [-0.4, -0.2) is 48.4 Å². The molecule has 0 amide bonds. The number of hydrogen-bond acceptors (Lipinski definition) is 5. The van der Waals surface area contributed by atoms with Crippen LogP contribution >= 0.6 is 34.8 Å². The van der Waals surface area contributed by atoms with Gasteiger partial charge in [0.1, 0.15) is 11.8 Å². The molecule has 2 aromatic rings. The maximum atomic E-state index is 13.4. The Kier molecular flexibility index (Phi) is 6.08. The maximum Gasteiger partial charge on any atom is 0.391 e. The van der Waals surface area contributed by atoms with Gasteiger partial charge in [-0.25, -0.2) is 0 Å². The summed E-state index contributed by atoms with van der Waals surface area (Å²) in [6.45, 7) is 1.22. The molecule has 0 N–H and O–H groups in total. The molecule has 37 heavy (non-hydrogen) atoms. The van der Waals surface area contributed by atoms with Crippen LogP contribution in [0.3, 0.4) is 0 Å². The zero-order valence-corrected chi connectivity index (χ0v) is 22.1. The standard InChI is InChI=1S/C26H24Cl3F3N2O3/c1-35-19-3-2-15-10-18-17-12-21-20(36-13-37-21)11-14(17)4-9-34(18)24(25(27,28)29)22(15)23(19)33-7-5-16(6-8-33)26(30,31)32/h2-3,10-12,16,24H,4-9,13H2,1H3/t24-/m1/s1. The van der Waals surface area contributed by atoms with Gasteiger partial charge in [0.15, 0.2) is 11.5 Å². The van der Waals surface area contributed by atoms with Crippen LogP contribution < -0.4 is 19.1 Å². The lowest BCUT2D eigenvalue weighted by Crippen LogP contribution is -2.44. The Morgan fingerprint density at radius 2 is 1.70 bits per heavy atom. The van der Waals surface area contributed by atoms with Gasteiger partial charge in [0.05, 0.1) is 18.7 Å². The fourth-order valence-corrected chi connectivity index (χ4v) is 6.64. The first-order chi connectivity index (χ1) is 17.6. The van der Waals surface area contributed by atoms with E-state index >= 15 is 0 Å². The van der Waals surface area contributed by atoms with Crippen molar-refractivity contribution >= 4 is 52.3 Å². The van der Waals surface area contributed by atoms with Gasteiger partial charge in [0.25, 0.3) is 0 Å². The number of rotatable bonds is 2. The quantitative estimate of drug-likeness (QED) is 0.361. The van der Waals surface area contributed by atoms with Crippen molar-refractivity contribution in [1.29, 1.82) is 0 Å².